The maximum Gasteiger partial charge on any atom is 0.357 e. The average Bonchev–Trinajstić information content (AvgIpc) is 2.65. The van der Waals surface area contributed by atoms with Gasteiger partial charge in [0.15, 0.2) is 11.4 Å². The lowest BCUT2D eigenvalue weighted by molar-refractivity contribution is -0.0300. The second-order valence-corrected chi connectivity index (χ2v) is 5.97. The fraction of sp³-hybridized carbons (Fsp3) is 0.611. The van der Waals surface area contributed by atoms with E-state index in [1.165, 1.54) is 19.2 Å². The zero-order valence-electron chi connectivity index (χ0n) is 15.8. The van der Waals surface area contributed by atoms with Gasteiger partial charge in [-0.3, -0.25) is 0 Å². The Bertz CT molecular complexity index is 588. The molecule has 1 aromatic heterocycles. The molecule has 1 aliphatic rings. The number of ether oxygens (including phenoxy) is 6. The van der Waals surface area contributed by atoms with Crippen molar-refractivity contribution in [2.75, 3.05) is 46.8 Å². The minimum Gasteiger partial charge on any atom is -0.497 e. The van der Waals surface area contributed by atoms with Crippen LogP contribution in [0.3, 0.4) is 0 Å². The minimum absolute atomic E-state index is 0.0542. The highest BCUT2D eigenvalue weighted by atomic mass is 16.6. The normalized spacial score (nSPS) is 23.5. The van der Waals surface area contributed by atoms with Gasteiger partial charge in [-0.1, -0.05) is 0 Å². The van der Waals surface area contributed by atoms with Gasteiger partial charge in [0.25, 0.3) is 0 Å². The third kappa shape index (κ3) is 7.12. The molecule has 0 aliphatic carbocycles. The van der Waals surface area contributed by atoms with Gasteiger partial charge in [0, 0.05) is 12.1 Å². The smallest absolute Gasteiger partial charge is 0.357 e. The van der Waals surface area contributed by atoms with E-state index in [4.69, 9.17) is 28.4 Å². The number of methoxy groups -OCH3 is 1. The van der Waals surface area contributed by atoms with Crippen molar-refractivity contribution in [1.82, 2.24) is 4.98 Å². The van der Waals surface area contributed by atoms with E-state index in [9.17, 15) is 9.59 Å². The highest BCUT2D eigenvalue weighted by Gasteiger charge is 2.21. The average molecular weight is 383 g/mol. The van der Waals surface area contributed by atoms with Crippen LogP contribution in [0.25, 0.3) is 0 Å². The summed E-state index contributed by atoms with van der Waals surface area (Å²) < 4.78 is 31.9. The van der Waals surface area contributed by atoms with Crippen molar-refractivity contribution >= 4 is 11.9 Å². The van der Waals surface area contributed by atoms with Gasteiger partial charge in [-0.05, 0) is 13.8 Å². The van der Waals surface area contributed by atoms with Gasteiger partial charge in [0.1, 0.15) is 18.0 Å². The zero-order chi connectivity index (χ0) is 19.6. The predicted octanol–water partition coefficient (Wildman–Crippen LogP) is 1.24. The lowest BCUT2D eigenvalue weighted by Gasteiger charge is -2.16. The molecule has 1 aliphatic heterocycles. The summed E-state index contributed by atoms with van der Waals surface area (Å²) in [4.78, 5) is 28.7. The number of carbonyl (C=O) groups excluding carboxylic acids is 2. The molecule has 0 amide bonds. The molecule has 0 spiro atoms. The summed E-state index contributed by atoms with van der Waals surface area (Å²) in [5.74, 6) is -1.08. The van der Waals surface area contributed by atoms with Gasteiger partial charge < -0.3 is 28.4 Å². The number of rotatable bonds is 1. The van der Waals surface area contributed by atoms with Crippen LogP contribution in [0.2, 0.25) is 0 Å². The Labute approximate surface area is 157 Å². The molecule has 1 aromatic rings. The SMILES string of the molecule is COc1cc2nc(c1)C(=O)O[C@@H](C)COCCOCCOC[C@H](C)OC2=O. The Morgan fingerprint density at radius 3 is 1.74 bits per heavy atom. The predicted molar refractivity (Wildman–Crippen MR) is 93.0 cm³/mol. The molecular formula is C18H25NO8. The Kier molecular flexibility index (Phi) is 8.43. The Morgan fingerprint density at radius 2 is 1.30 bits per heavy atom. The number of pyridine rings is 1. The fourth-order valence-electron chi connectivity index (χ4n) is 2.22. The summed E-state index contributed by atoms with van der Waals surface area (Å²) in [5, 5.41) is 0. The third-order valence-electron chi connectivity index (χ3n) is 3.52. The first-order valence-electron chi connectivity index (χ1n) is 8.71. The molecule has 9 heteroatoms. The first-order chi connectivity index (χ1) is 13.0. The van der Waals surface area contributed by atoms with Crippen LogP contribution in [-0.2, 0) is 23.7 Å². The lowest BCUT2D eigenvalue weighted by Crippen LogP contribution is -2.25. The molecule has 0 radical (unpaired) electrons. The molecule has 150 valence electrons. The number of aromatic nitrogens is 1. The topological polar surface area (TPSA) is 102 Å². The molecule has 0 unspecified atom stereocenters. The molecule has 2 bridgehead atoms. The fourth-order valence-corrected chi connectivity index (χ4v) is 2.22. The maximum atomic E-state index is 12.3. The highest BCUT2D eigenvalue weighted by Crippen LogP contribution is 2.16. The van der Waals surface area contributed by atoms with Crippen molar-refractivity contribution in [3.8, 4) is 5.75 Å². The molecule has 0 saturated carbocycles. The van der Waals surface area contributed by atoms with Crippen molar-refractivity contribution in [1.29, 1.82) is 0 Å². The Balaban J connectivity index is 2.18. The lowest BCUT2D eigenvalue weighted by atomic mass is 10.2. The largest absolute Gasteiger partial charge is 0.497 e. The zero-order valence-corrected chi connectivity index (χ0v) is 15.8. The molecule has 9 nitrogen and oxygen atoms in total. The molecule has 0 saturated heterocycles. The summed E-state index contributed by atoms with van der Waals surface area (Å²) in [6.07, 6.45) is -0.994. The van der Waals surface area contributed by atoms with Gasteiger partial charge in [-0.25, -0.2) is 14.6 Å². The van der Waals surface area contributed by atoms with Gasteiger partial charge in [-0.2, -0.15) is 0 Å². The molecule has 0 aromatic carbocycles. The van der Waals surface area contributed by atoms with Crippen LogP contribution in [0.5, 0.6) is 5.75 Å². The van der Waals surface area contributed by atoms with Crippen LogP contribution < -0.4 is 4.74 Å². The number of esters is 2. The van der Waals surface area contributed by atoms with E-state index >= 15 is 0 Å². The second-order valence-electron chi connectivity index (χ2n) is 5.97. The molecule has 2 atom stereocenters. The number of carbonyl (C=O) groups is 2. The van der Waals surface area contributed by atoms with Crippen LogP contribution >= 0.6 is 0 Å². The van der Waals surface area contributed by atoms with Crippen molar-refractivity contribution in [3.05, 3.63) is 23.5 Å². The number of nitrogens with zero attached hydrogens (tertiary/aromatic N) is 1. The van der Waals surface area contributed by atoms with Crippen molar-refractivity contribution in [2.24, 2.45) is 0 Å². The van der Waals surface area contributed by atoms with E-state index in [2.05, 4.69) is 4.98 Å². The van der Waals surface area contributed by atoms with Crippen molar-refractivity contribution in [2.45, 2.75) is 26.1 Å². The van der Waals surface area contributed by atoms with Crippen molar-refractivity contribution < 1.29 is 38.0 Å². The minimum atomic E-state index is -0.687. The van der Waals surface area contributed by atoms with Gasteiger partial charge in [0.2, 0.25) is 0 Å². The van der Waals surface area contributed by atoms with E-state index in [0.717, 1.165) is 0 Å². The van der Waals surface area contributed by atoms with Crippen LogP contribution in [0.1, 0.15) is 34.8 Å². The van der Waals surface area contributed by atoms with E-state index in [0.29, 0.717) is 32.2 Å². The second kappa shape index (κ2) is 10.8. The van der Waals surface area contributed by atoms with Gasteiger partial charge in [-0.15, -0.1) is 0 Å². The molecule has 0 fully saturated rings. The summed E-state index contributed by atoms with van der Waals surface area (Å²) in [6.45, 7) is 5.35. The Morgan fingerprint density at radius 1 is 0.852 bits per heavy atom. The number of hydrogen-bond acceptors (Lipinski definition) is 9. The van der Waals surface area contributed by atoms with Crippen LogP contribution in [0.15, 0.2) is 12.1 Å². The molecule has 2 heterocycles. The quantitative estimate of drug-likeness (QED) is 0.663. The number of fused-ring (bicyclic) bond motifs is 2. The first kappa shape index (κ1) is 21.1. The summed E-state index contributed by atoms with van der Waals surface area (Å²) >= 11 is 0. The van der Waals surface area contributed by atoms with Crippen LogP contribution in [-0.4, -0.2) is 75.9 Å². The summed E-state index contributed by atoms with van der Waals surface area (Å²) in [5.41, 5.74) is -0.108. The highest BCUT2D eigenvalue weighted by molar-refractivity contribution is 5.92. The van der Waals surface area contributed by atoms with Crippen LogP contribution in [0, 0.1) is 0 Å². The molecule has 0 N–H and O–H groups in total. The molecule has 2 rings (SSSR count). The summed E-state index contributed by atoms with van der Waals surface area (Å²) in [6, 6.07) is 2.79. The van der Waals surface area contributed by atoms with E-state index in [1.54, 1.807) is 13.8 Å². The third-order valence-corrected chi connectivity index (χ3v) is 3.52. The summed E-state index contributed by atoms with van der Waals surface area (Å²) in [7, 11) is 1.42. The monoisotopic (exact) mass is 383 g/mol. The standard InChI is InChI=1S/C18H25NO8/c1-12-10-24-6-4-23-5-7-25-11-13(2)27-18(21)16-9-14(22-3)8-15(19-16)17(20)26-12/h8-9,12-13H,4-7,10-11H2,1-3H3/t12-,13-/m0/s1. The maximum absolute atomic E-state index is 12.3. The number of hydrogen-bond donors (Lipinski definition) is 0. The number of cyclic esters (lactones) is 2. The molecular weight excluding hydrogens is 358 g/mol. The van der Waals surface area contributed by atoms with E-state index in [1.807, 2.05) is 0 Å². The van der Waals surface area contributed by atoms with Gasteiger partial charge in [0.05, 0.1) is 46.8 Å². The molecule has 27 heavy (non-hydrogen) atoms. The van der Waals surface area contributed by atoms with E-state index in [-0.39, 0.29) is 24.6 Å². The Hall–Kier alpha value is -2.23. The van der Waals surface area contributed by atoms with E-state index < -0.39 is 24.1 Å². The van der Waals surface area contributed by atoms with Crippen molar-refractivity contribution in [3.63, 3.8) is 0 Å². The first-order valence-corrected chi connectivity index (χ1v) is 8.71. The van der Waals surface area contributed by atoms with Crippen LogP contribution in [0.4, 0.5) is 0 Å². The van der Waals surface area contributed by atoms with Gasteiger partial charge >= 0.3 is 11.9 Å².